The summed E-state index contributed by atoms with van der Waals surface area (Å²) < 4.78 is 11.0. The highest BCUT2D eigenvalue weighted by atomic mass is 35.5. The van der Waals surface area contributed by atoms with Crippen LogP contribution in [0.1, 0.15) is 10.6 Å². The molecule has 3 aromatic rings. The van der Waals surface area contributed by atoms with Gasteiger partial charge in [0, 0.05) is 9.90 Å². The first-order chi connectivity index (χ1) is 12.7. The van der Waals surface area contributed by atoms with Gasteiger partial charge in [-0.3, -0.25) is 0 Å². The van der Waals surface area contributed by atoms with Crippen LogP contribution in [0.25, 0.3) is 0 Å². The predicted octanol–water partition coefficient (Wildman–Crippen LogP) is 4.79. The van der Waals surface area contributed by atoms with E-state index < -0.39 is 0 Å². The average Bonchev–Trinajstić information content (AvgIpc) is 3.32. The SMILES string of the molecule is O=C(NCCOc1cccc(Cl)c1)N(Cc1ccco1)Cc1cccs1. The highest BCUT2D eigenvalue weighted by Gasteiger charge is 2.16. The molecule has 136 valence electrons. The van der Waals surface area contributed by atoms with Gasteiger partial charge in [0.25, 0.3) is 0 Å². The summed E-state index contributed by atoms with van der Waals surface area (Å²) in [6, 6.07) is 14.7. The lowest BCUT2D eigenvalue weighted by molar-refractivity contribution is 0.185. The van der Waals surface area contributed by atoms with Crippen molar-refractivity contribution in [2.24, 2.45) is 0 Å². The monoisotopic (exact) mass is 390 g/mol. The van der Waals surface area contributed by atoms with Gasteiger partial charge in [0.05, 0.1) is 25.9 Å². The molecule has 0 bridgehead atoms. The molecule has 0 aliphatic carbocycles. The van der Waals surface area contributed by atoms with Crippen LogP contribution in [0.4, 0.5) is 4.79 Å². The Hall–Kier alpha value is -2.44. The van der Waals surface area contributed by atoms with E-state index in [1.54, 1.807) is 34.6 Å². The summed E-state index contributed by atoms with van der Waals surface area (Å²) in [5, 5.41) is 5.50. The zero-order chi connectivity index (χ0) is 18.2. The molecule has 0 saturated heterocycles. The lowest BCUT2D eigenvalue weighted by Crippen LogP contribution is -2.40. The smallest absolute Gasteiger partial charge is 0.318 e. The largest absolute Gasteiger partial charge is 0.492 e. The number of benzene rings is 1. The zero-order valence-electron chi connectivity index (χ0n) is 14.1. The number of amides is 2. The number of carbonyl (C=O) groups is 1. The number of urea groups is 1. The number of nitrogens with one attached hydrogen (secondary N) is 1. The van der Waals surface area contributed by atoms with Crippen LogP contribution in [0.2, 0.25) is 5.02 Å². The predicted molar refractivity (Wildman–Crippen MR) is 103 cm³/mol. The molecular weight excluding hydrogens is 372 g/mol. The van der Waals surface area contributed by atoms with Gasteiger partial charge in [-0.1, -0.05) is 23.7 Å². The molecular formula is C19H19ClN2O3S. The second-order valence-corrected chi connectivity index (χ2v) is 7.02. The Labute approximate surface area is 161 Å². The fourth-order valence-corrected chi connectivity index (χ4v) is 3.28. The van der Waals surface area contributed by atoms with Gasteiger partial charge in [-0.25, -0.2) is 4.79 Å². The Morgan fingerprint density at radius 1 is 1.19 bits per heavy atom. The van der Waals surface area contributed by atoms with Crippen molar-refractivity contribution in [2.75, 3.05) is 13.2 Å². The van der Waals surface area contributed by atoms with Crippen molar-refractivity contribution >= 4 is 29.0 Å². The molecule has 0 fully saturated rings. The summed E-state index contributed by atoms with van der Waals surface area (Å²) in [5.74, 6) is 1.42. The molecule has 2 aromatic heterocycles. The standard InChI is InChI=1S/C19H19ClN2O3S/c20-15-4-1-5-16(12-15)25-10-8-21-19(23)22(13-17-6-2-9-24-17)14-18-7-3-11-26-18/h1-7,9,11-12H,8,10,13-14H2,(H,21,23). The Balaban J connectivity index is 1.51. The van der Waals surface area contributed by atoms with E-state index in [2.05, 4.69) is 5.32 Å². The minimum Gasteiger partial charge on any atom is -0.492 e. The van der Waals surface area contributed by atoms with Gasteiger partial charge < -0.3 is 19.4 Å². The first kappa shape index (κ1) is 18.4. The van der Waals surface area contributed by atoms with Crippen molar-refractivity contribution in [1.82, 2.24) is 10.2 Å². The fraction of sp³-hybridized carbons (Fsp3) is 0.211. The number of carbonyl (C=O) groups excluding carboxylic acids is 1. The van der Waals surface area contributed by atoms with E-state index in [1.807, 2.05) is 41.8 Å². The van der Waals surface area contributed by atoms with Gasteiger partial charge in [-0.15, -0.1) is 11.3 Å². The van der Waals surface area contributed by atoms with Crippen molar-refractivity contribution < 1.29 is 13.9 Å². The number of thiophene rings is 1. The minimum absolute atomic E-state index is 0.163. The molecule has 0 unspecified atom stereocenters. The van der Waals surface area contributed by atoms with Crippen LogP contribution >= 0.6 is 22.9 Å². The van der Waals surface area contributed by atoms with E-state index in [0.29, 0.717) is 37.0 Å². The number of halogens is 1. The van der Waals surface area contributed by atoms with Crippen LogP contribution in [0, 0.1) is 0 Å². The van der Waals surface area contributed by atoms with Gasteiger partial charge in [0.2, 0.25) is 0 Å². The summed E-state index contributed by atoms with van der Waals surface area (Å²) in [5.41, 5.74) is 0. The number of ether oxygens (including phenoxy) is 1. The van der Waals surface area contributed by atoms with Gasteiger partial charge in [0.1, 0.15) is 18.1 Å². The molecule has 3 rings (SSSR count). The number of hydrogen-bond donors (Lipinski definition) is 1. The molecule has 26 heavy (non-hydrogen) atoms. The maximum atomic E-state index is 12.6. The van der Waals surface area contributed by atoms with E-state index in [9.17, 15) is 4.79 Å². The van der Waals surface area contributed by atoms with E-state index >= 15 is 0 Å². The highest BCUT2D eigenvalue weighted by molar-refractivity contribution is 7.09. The first-order valence-corrected chi connectivity index (χ1v) is 9.42. The van der Waals surface area contributed by atoms with Crippen LogP contribution in [-0.2, 0) is 13.1 Å². The van der Waals surface area contributed by atoms with E-state index in [4.69, 9.17) is 20.8 Å². The molecule has 0 aliphatic heterocycles. The van der Waals surface area contributed by atoms with Crippen molar-refractivity contribution in [1.29, 1.82) is 0 Å². The Morgan fingerprint density at radius 2 is 2.12 bits per heavy atom. The number of rotatable bonds is 8. The summed E-state index contributed by atoms with van der Waals surface area (Å²) >= 11 is 7.54. The number of hydrogen-bond acceptors (Lipinski definition) is 4. The highest BCUT2D eigenvalue weighted by Crippen LogP contribution is 2.17. The van der Waals surface area contributed by atoms with Gasteiger partial charge in [-0.2, -0.15) is 0 Å². The lowest BCUT2D eigenvalue weighted by atomic mass is 10.3. The first-order valence-electron chi connectivity index (χ1n) is 8.16. The Morgan fingerprint density at radius 3 is 2.85 bits per heavy atom. The van der Waals surface area contributed by atoms with Crippen LogP contribution in [0.5, 0.6) is 5.75 Å². The second kappa shape index (κ2) is 9.31. The number of furan rings is 1. The van der Waals surface area contributed by atoms with Gasteiger partial charge in [0.15, 0.2) is 0 Å². The Bertz CT molecular complexity index is 770. The van der Waals surface area contributed by atoms with E-state index in [-0.39, 0.29) is 6.03 Å². The maximum Gasteiger partial charge on any atom is 0.318 e. The molecule has 5 nitrogen and oxygen atoms in total. The van der Waals surface area contributed by atoms with Crippen molar-refractivity contribution in [3.63, 3.8) is 0 Å². The third-order valence-electron chi connectivity index (χ3n) is 3.58. The molecule has 0 aliphatic rings. The molecule has 1 N–H and O–H groups in total. The molecule has 1 aromatic carbocycles. The van der Waals surface area contributed by atoms with Crippen LogP contribution in [0.3, 0.4) is 0 Å². The fourth-order valence-electron chi connectivity index (χ4n) is 2.38. The van der Waals surface area contributed by atoms with E-state index in [0.717, 1.165) is 10.6 Å². The van der Waals surface area contributed by atoms with Crippen molar-refractivity contribution in [3.8, 4) is 5.75 Å². The normalized spacial score (nSPS) is 10.5. The molecule has 0 saturated carbocycles. The molecule has 0 radical (unpaired) electrons. The van der Waals surface area contributed by atoms with Crippen LogP contribution in [-0.4, -0.2) is 24.1 Å². The lowest BCUT2D eigenvalue weighted by Gasteiger charge is -2.21. The van der Waals surface area contributed by atoms with E-state index in [1.165, 1.54) is 0 Å². The molecule has 2 amide bonds. The molecule has 0 spiro atoms. The van der Waals surface area contributed by atoms with Crippen molar-refractivity contribution in [2.45, 2.75) is 13.1 Å². The minimum atomic E-state index is -0.163. The molecule has 2 heterocycles. The molecule has 0 atom stereocenters. The third kappa shape index (κ3) is 5.54. The van der Waals surface area contributed by atoms with Gasteiger partial charge in [-0.05, 0) is 41.8 Å². The summed E-state index contributed by atoms with van der Waals surface area (Å²) in [4.78, 5) is 15.4. The zero-order valence-corrected chi connectivity index (χ0v) is 15.6. The summed E-state index contributed by atoms with van der Waals surface area (Å²) in [6.45, 7) is 1.69. The van der Waals surface area contributed by atoms with Crippen LogP contribution < -0.4 is 10.1 Å². The average molecular weight is 391 g/mol. The van der Waals surface area contributed by atoms with Gasteiger partial charge >= 0.3 is 6.03 Å². The topological polar surface area (TPSA) is 54.7 Å². The third-order valence-corrected chi connectivity index (χ3v) is 4.68. The second-order valence-electron chi connectivity index (χ2n) is 5.55. The van der Waals surface area contributed by atoms with Crippen LogP contribution in [0.15, 0.2) is 64.6 Å². The summed E-state index contributed by atoms with van der Waals surface area (Å²) in [7, 11) is 0. The molecule has 7 heteroatoms. The van der Waals surface area contributed by atoms with Crippen molar-refractivity contribution in [3.05, 3.63) is 75.8 Å². The quantitative estimate of drug-likeness (QED) is 0.563. The Kier molecular flexibility index (Phi) is 6.57. The summed E-state index contributed by atoms with van der Waals surface area (Å²) in [6.07, 6.45) is 1.61. The number of nitrogens with zero attached hydrogens (tertiary/aromatic N) is 1. The maximum absolute atomic E-state index is 12.6.